The molecule has 3 nitrogen and oxygen atoms in total. The topological polar surface area (TPSA) is 19.6 Å². The van der Waals surface area contributed by atoms with Gasteiger partial charge >= 0.3 is 0 Å². The zero-order valence-electron chi connectivity index (χ0n) is 45.6. The Morgan fingerprint density at radius 3 is 1.65 bits per heavy atom. The lowest BCUT2D eigenvalue weighted by molar-refractivity contribution is 0.590. The second-order valence-corrected chi connectivity index (χ2v) is 23.6. The number of anilines is 5. The number of rotatable bonds is 8. The average molecular weight is 1020 g/mol. The van der Waals surface area contributed by atoms with Gasteiger partial charge in [0.25, 0.3) is 0 Å². The Balaban J connectivity index is 1.19. The number of fused-ring (bicyclic) bond motifs is 12. The van der Waals surface area contributed by atoms with Crippen LogP contribution in [0.5, 0.6) is 0 Å². The van der Waals surface area contributed by atoms with Crippen LogP contribution < -0.4 is 9.80 Å². The fraction of sp³-hybridized carbons (Fsp3) is 0.178. The number of para-hydroxylation sites is 1. The van der Waals surface area contributed by atoms with Crippen LogP contribution >= 0.6 is 0 Å². The fourth-order valence-electron chi connectivity index (χ4n) is 12.8. The van der Waals surface area contributed by atoms with E-state index in [9.17, 15) is 0 Å². The summed E-state index contributed by atoms with van der Waals surface area (Å²) in [5.74, 6) is -0.672. The molecule has 0 atom stereocenters. The summed E-state index contributed by atoms with van der Waals surface area (Å²) in [6.07, 6.45) is 6.36. The monoisotopic (exact) mass is 1020 g/mol. The summed E-state index contributed by atoms with van der Waals surface area (Å²) in [7, 11) is 0. The highest BCUT2D eigenvalue weighted by Gasteiger charge is 2.50. The first-order chi connectivity index (χ1) is 37.6. The number of furan rings is 1. The van der Waals surface area contributed by atoms with E-state index in [-0.39, 0.29) is 22.5 Å². The molecule has 10 aromatic carbocycles. The summed E-state index contributed by atoms with van der Waals surface area (Å²) in [5.41, 5.74) is 17.2. The number of hydrogen-bond donors (Lipinski definition) is 0. The first-order valence-electron chi connectivity index (χ1n) is 27.3. The molecule has 384 valence electrons. The van der Waals surface area contributed by atoms with E-state index in [0.29, 0.717) is 0 Å². The molecule has 11 aromatic rings. The van der Waals surface area contributed by atoms with E-state index < -0.39 is 5.41 Å². The molecule has 0 bridgehead atoms. The van der Waals surface area contributed by atoms with Gasteiger partial charge in [0.2, 0.25) is 0 Å². The average Bonchev–Trinajstić information content (AvgIpc) is 2.42. The predicted octanol–water partition coefficient (Wildman–Crippen LogP) is 20.7. The maximum atomic E-state index is 15.6. The third kappa shape index (κ3) is 7.88. The van der Waals surface area contributed by atoms with Crippen molar-refractivity contribution in [1.82, 2.24) is 0 Å². The van der Waals surface area contributed by atoms with Crippen molar-refractivity contribution >= 4 is 71.9 Å². The minimum absolute atomic E-state index is 0.0116. The van der Waals surface area contributed by atoms with Crippen molar-refractivity contribution in [1.29, 1.82) is 0 Å². The number of allylic oxidation sites excluding steroid dienone is 4. The molecule has 5 heteroatoms. The molecule has 2 aliphatic carbocycles. The van der Waals surface area contributed by atoms with Crippen LogP contribution in [0.25, 0.3) is 54.6 Å². The Kier molecular flexibility index (Phi) is 11.5. The van der Waals surface area contributed by atoms with Crippen LogP contribution in [-0.2, 0) is 16.2 Å². The van der Waals surface area contributed by atoms with E-state index >= 15 is 8.78 Å². The van der Waals surface area contributed by atoms with Crippen LogP contribution in [0.2, 0.25) is 0 Å². The van der Waals surface area contributed by atoms with E-state index in [1.807, 2.05) is 30.3 Å². The van der Waals surface area contributed by atoms with Crippen molar-refractivity contribution in [3.63, 3.8) is 0 Å². The highest BCUT2D eigenvalue weighted by Crippen LogP contribution is 2.64. The second kappa shape index (κ2) is 18.3. The number of aryl methyl sites for hydroxylation is 1. The van der Waals surface area contributed by atoms with Crippen LogP contribution in [0.4, 0.5) is 37.2 Å². The van der Waals surface area contributed by atoms with Crippen molar-refractivity contribution in [2.45, 2.75) is 84.5 Å². The zero-order valence-corrected chi connectivity index (χ0v) is 45.6. The Morgan fingerprint density at radius 2 is 1.05 bits per heavy atom. The summed E-state index contributed by atoms with van der Waals surface area (Å²) in [4.78, 5) is 4.81. The molecule has 78 heavy (non-hydrogen) atoms. The molecule has 2 aliphatic rings. The van der Waals surface area contributed by atoms with Crippen molar-refractivity contribution < 1.29 is 13.2 Å². The van der Waals surface area contributed by atoms with Gasteiger partial charge in [-0.3, -0.25) is 0 Å². The predicted molar refractivity (Wildman–Crippen MR) is 322 cm³/mol. The van der Waals surface area contributed by atoms with Crippen LogP contribution in [0, 0.1) is 18.6 Å². The summed E-state index contributed by atoms with van der Waals surface area (Å²) >= 11 is 0. The molecule has 0 unspecified atom stereocenters. The number of hydrogen-bond acceptors (Lipinski definition) is 3. The van der Waals surface area contributed by atoms with Crippen LogP contribution in [-0.4, -0.2) is 0 Å². The second-order valence-electron chi connectivity index (χ2n) is 23.6. The van der Waals surface area contributed by atoms with Crippen molar-refractivity contribution in [2.24, 2.45) is 0 Å². The molecule has 13 rings (SSSR count). The van der Waals surface area contributed by atoms with E-state index in [1.165, 1.54) is 22.4 Å². The van der Waals surface area contributed by atoms with Crippen molar-refractivity contribution in [3.8, 4) is 11.1 Å². The van der Waals surface area contributed by atoms with Crippen molar-refractivity contribution in [2.75, 3.05) is 9.80 Å². The maximum absolute atomic E-state index is 15.6. The Labute approximate surface area is 456 Å². The van der Waals surface area contributed by atoms with Crippen molar-refractivity contribution in [3.05, 3.63) is 268 Å². The summed E-state index contributed by atoms with van der Waals surface area (Å²) in [6, 6.07) is 67.1. The molecule has 0 fully saturated rings. The summed E-state index contributed by atoms with van der Waals surface area (Å²) < 4.78 is 38.7. The van der Waals surface area contributed by atoms with Gasteiger partial charge in [0.15, 0.2) is 0 Å². The summed E-state index contributed by atoms with van der Waals surface area (Å²) in [5, 5.41) is 6.24. The normalized spacial score (nSPS) is 14.2. The molecular weight excluding hydrogens is 959 g/mol. The van der Waals surface area contributed by atoms with E-state index in [1.54, 1.807) is 24.3 Å². The van der Waals surface area contributed by atoms with Gasteiger partial charge in [-0.25, -0.2) is 8.78 Å². The Hall–Kier alpha value is -8.54. The van der Waals surface area contributed by atoms with E-state index in [0.717, 1.165) is 124 Å². The van der Waals surface area contributed by atoms with Gasteiger partial charge in [-0.1, -0.05) is 162 Å². The van der Waals surface area contributed by atoms with Gasteiger partial charge in [-0.15, -0.1) is 0 Å². The van der Waals surface area contributed by atoms with E-state index in [2.05, 4.69) is 217 Å². The third-order valence-corrected chi connectivity index (χ3v) is 16.5. The lowest BCUT2D eigenvalue weighted by Crippen LogP contribution is -2.29. The molecule has 0 spiro atoms. The van der Waals surface area contributed by atoms with Gasteiger partial charge in [-0.05, 0) is 195 Å². The number of halogens is 2. The molecule has 0 saturated carbocycles. The van der Waals surface area contributed by atoms with Gasteiger partial charge < -0.3 is 14.2 Å². The summed E-state index contributed by atoms with van der Waals surface area (Å²) in [6.45, 7) is 17.8. The fourth-order valence-corrected chi connectivity index (χ4v) is 12.8. The zero-order chi connectivity index (χ0) is 53.8. The van der Waals surface area contributed by atoms with Crippen LogP contribution in [0.1, 0.15) is 100 Å². The first kappa shape index (κ1) is 49.1. The SMILES string of the molecule is CC1=CCCC(N(c2ccc(C(C)(C)C)cc2)c2cc3c(c4oc5ccccc5c24)-c2c(c4ccc(N(c5ccc(C(C)(C)C)cc5)c5cccc(C)c5)cc4c4ccccc24)C3(c2ccc(F)cc2)c2ccc(F)cc2)=C1. The largest absolute Gasteiger partial charge is 0.455 e. The smallest absolute Gasteiger partial charge is 0.145 e. The van der Waals surface area contributed by atoms with Gasteiger partial charge in [0, 0.05) is 39.4 Å². The highest BCUT2D eigenvalue weighted by atomic mass is 19.1. The highest BCUT2D eigenvalue weighted by molar-refractivity contribution is 6.26. The minimum Gasteiger partial charge on any atom is -0.455 e. The molecule has 0 aliphatic heterocycles. The van der Waals surface area contributed by atoms with Gasteiger partial charge in [-0.2, -0.15) is 0 Å². The quantitative estimate of drug-likeness (QED) is 0.141. The standard InChI is InChI=1S/C73H62F2N2O/c1-45-15-13-17-55(41-45)76(53-35-27-47(28-36-53)71(3,4)5)57-39-40-60-62(43-57)58-19-9-10-20-59(58)67-68-63(73(69(60)67,49-23-31-51(74)32-24-49)50-25-33-52(75)34-26-50)44-64(66-61-21-11-12-22-65(61)78-70(66)68)77(56-18-14-16-46(2)42-56)54-37-29-48(30-38-54)72(6,7)8/h9-13,15-17,19-44H,14,18H2,1-8H3. The number of nitrogens with zero attached hydrogens (tertiary/aromatic N) is 2. The molecule has 1 aromatic heterocycles. The van der Waals surface area contributed by atoms with Gasteiger partial charge in [0.05, 0.1) is 16.5 Å². The Bertz CT molecular complexity index is 4200. The first-order valence-corrected chi connectivity index (χ1v) is 27.3. The van der Waals surface area contributed by atoms with E-state index in [4.69, 9.17) is 4.42 Å². The molecule has 0 amide bonds. The maximum Gasteiger partial charge on any atom is 0.145 e. The third-order valence-electron chi connectivity index (χ3n) is 16.5. The molecule has 1 heterocycles. The number of benzene rings is 10. The van der Waals surface area contributed by atoms with Crippen LogP contribution in [0.15, 0.2) is 222 Å². The lowest BCUT2D eigenvalue weighted by Gasteiger charge is -2.36. The molecular formula is C73H62F2N2O. The Morgan fingerprint density at radius 1 is 0.487 bits per heavy atom. The molecule has 0 N–H and O–H groups in total. The lowest BCUT2D eigenvalue weighted by atomic mass is 9.66. The van der Waals surface area contributed by atoms with Gasteiger partial charge in [0.1, 0.15) is 22.8 Å². The molecule has 0 radical (unpaired) electrons. The molecule has 0 saturated heterocycles. The van der Waals surface area contributed by atoms with Crippen LogP contribution in [0.3, 0.4) is 0 Å². The minimum atomic E-state index is -1.13.